The highest BCUT2D eigenvalue weighted by atomic mass is 32.1. The van der Waals surface area contributed by atoms with Crippen LogP contribution in [0.5, 0.6) is 0 Å². The highest BCUT2D eigenvalue weighted by molar-refractivity contribution is 7.13. The van der Waals surface area contributed by atoms with Gasteiger partial charge in [0.15, 0.2) is 0 Å². The maximum absolute atomic E-state index is 13.3. The molecule has 210 valence electrons. The van der Waals surface area contributed by atoms with E-state index in [1.54, 1.807) is 6.92 Å². The number of aromatic nitrogens is 2. The summed E-state index contributed by atoms with van der Waals surface area (Å²) in [5.41, 5.74) is 0.0633. The summed E-state index contributed by atoms with van der Waals surface area (Å²) >= 11 is 1.09. The Labute approximate surface area is 229 Å². The summed E-state index contributed by atoms with van der Waals surface area (Å²) < 4.78 is 42.3. The number of carbonyl (C=O) groups is 3. The zero-order valence-electron chi connectivity index (χ0n) is 22.5. The molecule has 1 aliphatic heterocycles. The predicted octanol–water partition coefficient (Wildman–Crippen LogP) is 3.57. The third kappa shape index (κ3) is 7.45. The summed E-state index contributed by atoms with van der Waals surface area (Å²) in [6.07, 6.45) is 3.29. The van der Waals surface area contributed by atoms with Crippen LogP contribution in [0.3, 0.4) is 0 Å². The largest absolute Gasteiger partial charge is 0.471 e. The van der Waals surface area contributed by atoms with Crippen molar-refractivity contribution in [3.63, 3.8) is 0 Å². The number of halogens is 3. The van der Waals surface area contributed by atoms with Gasteiger partial charge in [0.1, 0.15) is 17.8 Å². The molecule has 3 rings (SSSR count). The number of amides is 3. The summed E-state index contributed by atoms with van der Waals surface area (Å²) in [6, 6.07) is -0.274. The van der Waals surface area contributed by atoms with E-state index in [1.807, 2.05) is 19.9 Å². The zero-order valence-corrected chi connectivity index (χ0v) is 23.3. The van der Waals surface area contributed by atoms with Crippen LogP contribution in [0.25, 0.3) is 10.1 Å². The molecule has 1 unspecified atom stereocenters. The van der Waals surface area contributed by atoms with Crippen molar-refractivity contribution in [3.05, 3.63) is 23.7 Å². The second kappa shape index (κ2) is 12.4. The van der Waals surface area contributed by atoms with Gasteiger partial charge in [-0.05, 0) is 34.7 Å². The van der Waals surface area contributed by atoms with Crippen LogP contribution in [0, 0.1) is 40.9 Å². The van der Waals surface area contributed by atoms with Gasteiger partial charge in [-0.25, -0.2) is 0 Å². The van der Waals surface area contributed by atoms with Crippen LogP contribution in [0.15, 0.2) is 12.4 Å². The number of nitrogens with zero attached hydrogens (tertiary/aromatic N) is 4. The molecule has 3 amide bonds. The van der Waals surface area contributed by atoms with Gasteiger partial charge in [-0.15, -0.1) is 6.42 Å². The van der Waals surface area contributed by atoms with Gasteiger partial charge in [0, 0.05) is 29.9 Å². The fourth-order valence-electron chi connectivity index (χ4n) is 3.99. The minimum atomic E-state index is -5.14. The normalized spacial score (nSPS) is 18.9. The number of hydrogen-bond acceptors (Lipinski definition) is 7. The van der Waals surface area contributed by atoms with Crippen LogP contribution < -0.4 is 10.6 Å². The first-order valence-corrected chi connectivity index (χ1v) is 12.9. The number of terminal acetylenes is 1. The fourth-order valence-corrected chi connectivity index (χ4v) is 4.74. The third-order valence-corrected chi connectivity index (χ3v) is 6.92. The van der Waals surface area contributed by atoms with E-state index < -0.39 is 53.9 Å². The molecule has 9 nitrogen and oxygen atoms in total. The van der Waals surface area contributed by atoms with E-state index >= 15 is 0 Å². The molecule has 0 radical (unpaired) electrons. The van der Waals surface area contributed by atoms with Crippen LogP contribution in [0.1, 0.15) is 58.8 Å². The van der Waals surface area contributed by atoms with Crippen molar-refractivity contribution >= 4 is 39.3 Å². The Morgan fingerprint density at radius 2 is 1.90 bits per heavy atom. The molecule has 2 N–H and O–H groups in total. The smallest absolute Gasteiger partial charge is 0.339 e. The van der Waals surface area contributed by atoms with Crippen molar-refractivity contribution in [2.24, 2.45) is 17.3 Å². The van der Waals surface area contributed by atoms with Crippen LogP contribution in [0.4, 0.5) is 13.2 Å². The van der Waals surface area contributed by atoms with Gasteiger partial charge in [-0.1, -0.05) is 41.5 Å². The Hall–Kier alpha value is -3.71. The molecule has 3 heterocycles. The number of fused-ring (bicyclic) bond motifs is 1. The Morgan fingerprint density at radius 3 is 2.44 bits per heavy atom. The molecule has 1 aliphatic rings. The maximum atomic E-state index is 13.3. The molecular formula is C26H31F3N6O3S. The Kier molecular flexibility index (Phi) is 10.0. The van der Waals surface area contributed by atoms with Gasteiger partial charge >= 0.3 is 12.1 Å². The van der Waals surface area contributed by atoms with E-state index in [-0.39, 0.29) is 6.54 Å². The second-order valence-electron chi connectivity index (χ2n) is 10.5. The highest BCUT2D eigenvalue weighted by Crippen LogP contribution is 2.40. The molecule has 0 saturated carbocycles. The van der Waals surface area contributed by atoms with E-state index in [9.17, 15) is 32.8 Å². The minimum Gasteiger partial charge on any atom is -0.339 e. The average molecular weight is 565 g/mol. The third-order valence-electron chi connectivity index (χ3n) is 6.14. The number of nitriles is 1. The van der Waals surface area contributed by atoms with Gasteiger partial charge < -0.3 is 15.5 Å². The van der Waals surface area contributed by atoms with Crippen molar-refractivity contribution < 1.29 is 27.6 Å². The predicted molar refractivity (Wildman–Crippen MR) is 140 cm³/mol. The summed E-state index contributed by atoms with van der Waals surface area (Å²) in [4.78, 5) is 42.4. The summed E-state index contributed by atoms with van der Waals surface area (Å²) in [5, 5.41) is 14.4. The van der Waals surface area contributed by atoms with Crippen LogP contribution >= 0.6 is 11.5 Å². The van der Waals surface area contributed by atoms with E-state index in [0.717, 1.165) is 22.4 Å². The molecule has 39 heavy (non-hydrogen) atoms. The lowest BCUT2D eigenvalue weighted by Gasteiger charge is -2.27. The number of likely N-dealkylation sites (tertiary alicyclic amines) is 1. The summed E-state index contributed by atoms with van der Waals surface area (Å²) in [7, 11) is 0. The highest BCUT2D eigenvalue weighted by Gasteiger charge is 2.50. The van der Waals surface area contributed by atoms with Gasteiger partial charge in [0.25, 0.3) is 0 Å². The topological polar surface area (TPSA) is 128 Å². The number of hydrogen-bond donors (Lipinski definition) is 2. The molecule has 0 aliphatic carbocycles. The summed E-state index contributed by atoms with van der Waals surface area (Å²) in [5.74, 6) is -0.927. The first kappa shape index (κ1) is 31.5. The van der Waals surface area contributed by atoms with E-state index in [2.05, 4.69) is 41.4 Å². The first-order chi connectivity index (χ1) is 18.0. The van der Waals surface area contributed by atoms with E-state index in [0.29, 0.717) is 21.3 Å². The number of rotatable bonds is 5. The molecular weight excluding hydrogens is 533 g/mol. The average Bonchev–Trinajstić information content (AvgIpc) is 3.37. The van der Waals surface area contributed by atoms with Crippen LogP contribution in [-0.2, 0) is 14.4 Å². The Morgan fingerprint density at radius 1 is 1.28 bits per heavy atom. The molecule has 13 heteroatoms. The number of carbonyl (C=O) groups excluding carboxylic acids is 3. The molecule has 2 aromatic rings. The van der Waals surface area contributed by atoms with Crippen LogP contribution in [0.2, 0.25) is 0 Å². The molecule has 3 atom stereocenters. The van der Waals surface area contributed by atoms with Gasteiger partial charge in [0.05, 0.1) is 17.3 Å². The quantitative estimate of drug-likeness (QED) is 0.535. The van der Waals surface area contributed by atoms with Crippen molar-refractivity contribution in [1.29, 1.82) is 5.26 Å². The SMILES string of the molecule is C#Cc1nsc2cncc(C(C#N)NC(=O)[C@@H]3[C@H](C)C(C)(C)CN3C(=O)CNC(=O)C(F)(F)F)c12.CC(C)C. The summed E-state index contributed by atoms with van der Waals surface area (Å²) in [6.45, 7) is 11.0. The Bertz CT molecular complexity index is 1310. The first-order valence-electron chi connectivity index (χ1n) is 12.1. The molecule has 2 aromatic heterocycles. The van der Waals surface area contributed by atoms with Gasteiger partial charge in [-0.3, -0.25) is 19.4 Å². The standard InChI is InChI=1S/C22H21F3N6O3S.C4H10/c1-5-13-17-12(7-27-8-15(17)35-30-13)14(6-26)29-19(33)18-11(2)21(3,4)10-31(18)16(32)9-28-20(34)22(23,24)25;1-4(2)3/h1,7-8,11,14,18H,9-10H2,2-4H3,(H,28,34)(H,29,33);4H,1-3H3/t11-,14?,18-;/m0./s1. The van der Waals surface area contributed by atoms with Crippen LogP contribution in [-0.4, -0.2) is 57.3 Å². The molecule has 0 spiro atoms. The number of alkyl halides is 3. The van der Waals surface area contributed by atoms with E-state index in [1.165, 1.54) is 17.7 Å². The lowest BCUT2D eigenvalue weighted by atomic mass is 9.80. The lowest BCUT2D eigenvalue weighted by Crippen LogP contribution is -2.52. The molecule has 1 saturated heterocycles. The molecule has 1 fully saturated rings. The van der Waals surface area contributed by atoms with Gasteiger partial charge in [-0.2, -0.15) is 22.8 Å². The maximum Gasteiger partial charge on any atom is 0.471 e. The molecule has 0 bridgehead atoms. The van der Waals surface area contributed by atoms with Crippen molar-refractivity contribution in [2.45, 2.75) is 59.8 Å². The monoisotopic (exact) mass is 564 g/mol. The van der Waals surface area contributed by atoms with Crippen molar-refractivity contribution in [3.8, 4) is 18.4 Å². The van der Waals surface area contributed by atoms with E-state index in [4.69, 9.17) is 6.42 Å². The zero-order chi connectivity index (χ0) is 29.7. The number of pyridine rings is 1. The molecule has 0 aromatic carbocycles. The van der Waals surface area contributed by atoms with Crippen molar-refractivity contribution in [2.75, 3.05) is 13.1 Å². The minimum absolute atomic E-state index is 0.0665. The van der Waals surface area contributed by atoms with Gasteiger partial charge in [0.2, 0.25) is 11.8 Å². The Balaban J connectivity index is 0.00000124. The number of nitrogens with one attached hydrogen (secondary N) is 2. The fraction of sp³-hybridized carbons (Fsp3) is 0.538. The second-order valence-corrected chi connectivity index (χ2v) is 11.3. The lowest BCUT2D eigenvalue weighted by molar-refractivity contribution is -0.174. The van der Waals surface area contributed by atoms with Crippen molar-refractivity contribution in [1.82, 2.24) is 24.9 Å².